The molecule has 0 fully saturated rings. The maximum absolute atomic E-state index is 13.4. The van der Waals surface area contributed by atoms with Crippen molar-refractivity contribution in [3.8, 4) is 0 Å². The van der Waals surface area contributed by atoms with Crippen molar-refractivity contribution in [3.63, 3.8) is 0 Å². The number of halogens is 3. The van der Waals surface area contributed by atoms with Gasteiger partial charge in [0, 0.05) is 18.5 Å². The van der Waals surface area contributed by atoms with Crippen LogP contribution in [0.3, 0.4) is 0 Å². The molecule has 3 N–H and O–H groups in total. The van der Waals surface area contributed by atoms with Gasteiger partial charge in [0.25, 0.3) is 5.91 Å². The van der Waals surface area contributed by atoms with E-state index < -0.39 is 17.5 Å². The normalized spacial score (nSPS) is 11.2. The molecule has 0 saturated carbocycles. The van der Waals surface area contributed by atoms with Crippen LogP contribution in [0.25, 0.3) is 11.6 Å². The van der Waals surface area contributed by atoms with Crippen LogP contribution in [0.15, 0.2) is 42.5 Å². The lowest BCUT2D eigenvalue weighted by Gasteiger charge is -2.10. The van der Waals surface area contributed by atoms with Crippen LogP contribution in [-0.2, 0) is 9.59 Å². The van der Waals surface area contributed by atoms with Crippen molar-refractivity contribution in [3.05, 3.63) is 70.2 Å². The Labute approximate surface area is 172 Å². The maximum Gasteiger partial charge on any atom is 0.251 e. The first-order valence-electron chi connectivity index (χ1n) is 9.04. The Morgan fingerprint density at radius 1 is 1.03 bits per heavy atom. The molecule has 0 spiro atoms. The molecule has 0 atom stereocenters. The number of nitrogens with one attached hydrogen (secondary N) is 2. The summed E-state index contributed by atoms with van der Waals surface area (Å²) in [5.74, 6) is -1.81. The van der Waals surface area contributed by atoms with E-state index in [-0.39, 0.29) is 22.9 Å². The Hall–Kier alpha value is -2.77. The minimum Gasteiger partial charge on any atom is -0.352 e. The zero-order valence-corrected chi connectivity index (χ0v) is 16.3. The summed E-state index contributed by atoms with van der Waals surface area (Å²) in [6, 6.07) is 9.57. The van der Waals surface area contributed by atoms with Gasteiger partial charge in [0.15, 0.2) is 0 Å². The molecule has 2 aromatic rings. The fourth-order valence-corrected chi connectivity index (χ4v) is 2.81. The van der Waals surface area contributed by atoms with Gasteiger partial charge in [-0.15, -0.1) is 0 Å². The van der Waals surface area contributed by atoms with Gasteiger partial charge >= 0.3 is 0 Å². The highest BCUT2D eigenvalue weighted by atomic mass is 35.5. The van der Waals surface area contributed by atoms with Crippen LogP contribution < -0.4 is 10.8 Å². The third kappa shape index (κ3) is 7.29. The first kappa shape index (κ1) is 22.5. The van der Waals surface area contributed by atoms with Gasteiger partial charge < -0.3 is 5.32 Å². The van der Waals surface area contributed by atoms with E-state index in [9.17, 15) is 18.4 Å². The molecular weight excluding hydrogens is 402 g/mol. The molecule has 2 amide bonds. The van der Waals surface area contributed by atoms with Crippen molar-refractivity contribution >= 4 is 35.1 Å². The monoisotopic (exact) mass is 422 g/mol. The molecule has 8 heteroatoms. The molecule has 29 heavy (non-hydrogen) atoms. The SMILES string of the molecule is O=C(CCCCCNC(=O)C(=Cc1ccc(F)c(Cl)c1)c1ccc(F)cc1)NO. The number of carbonyl (C=O) groups excluding carboxylic acids is 2. The molecule has 2 aromatic carbocycles. The van der Waals surface area contributed by atoms with Crippen molar-refractivity contribution in [1.29, 1.82) is 0 Å². The summed E-state index contributed by atoms with van der Waals surface area (Å²) in [6.45, 7) is 0.377. The highest BCUT2D eigenvalue weighted by Crippen LogP contribution is 2.22. The Morgan fingerprint density at radius 3 is 2.41 bits per heavy atom. The van der Waals surface area contributed by atoms with Crippen molar-refractivity contribution in [2.24, 2.45) is 0 Å². The molecule has 2 rings (SSSR count). The number of rotatable bonds is 9. The van der Waals surface area contributed by atoms with Gasteiger partial charge in [-0.3, -0.25) is 14.8 Å². The lowest BCUT2D eigenvalue weighted by Crippen LogP contribution is -2.25. The predicted octanol–water partition coefficient (Wildman–Crippen LogP) is 4.34. The lowest BCUT2D eigenvalue weighted by molar-refractivity contribution is -0.129. The Morgan fingerprint density at radius 2 is 1.76 bits per heavy atom. The van der Waals surface area contributed by atoms with Gasteiger partial charge in [0.2, 0.25) is 5.91 Å². The second-order valence-corrected chi connectivity index (χ2v) is 6.75. The van der Waals surface area contributed by atoms with Crippen LogP contribution >= 0.6 is 11.6 Å². The fraction of sp³-hybridized carbons (Fsp3) is 0.238. The molecule has 0 aromatic heterocycles. The van der Waals surface area contributed by atoms with E-state index in [2.05, 4.69) is 5.32 Å². The van der Waals surface area contributed by atoms with E-state index in [1.165, 1.54) is 42.5 Å². The molecule has 0 saturated heterocycles. The highest BCUT2D eigenvalue weighted by Gasteiger charge is 2.13. The van der Waals surface area contributed by atoms with E-state index in [1.54, 1.807) is 11.6 Å². The maximum atomic E-state index is 13.4. The Bertz CT molecular complexity index is 886. The summed E-state index contributed by atoms with van der Waals surface area (Å²) in [5.41, 5.74) is 2.88. The van der Waals surface area contributed by atoms with Gasteiger partial charge in [-0.05, 0) is 54.3 Å². The smallest absolute Gasteiger partial charge is 0.251 e. The van der Waals surface area contributed by atoms with E-state index in [0.29, 0.717) is 36.9 Å². The van der Waals surface area contributed by atoms with Crippen LogP contribution in [-0.4, -0.2) is 23.6 Å². The summed E-state index contributed by atoms with van der Waals surface area (Å²) in [4.78, 5) is 23.6. The van der Waals surface area contributed by atoms with Gasteiger partial charge in [-0.2, -0.15) is 0 Å². The fourth-order valence-electron chi connectivity index (χ4n) is 2.62. The Balaban J connectivity index is 2.08. The topological polar surface area (TPSA) is 78.4 Å². The number of hydrogen-bond donors (Lipinski definition) is 3. The summed E-state index contributed by atoms with van der Waals surface area (Å²) >= 11 is 5.81. The number of benzene rings is 2. The molecule has 0 heterocycles. The molecule has 0 bridgehead atoms. The standard InChI is InChI=1S/C21H21ClF2N2O3/c22-18-13-14(5-10-19(18)24)12-17(15-6-8-16(23)9-7-15)21(28)25-11-3-1-2-4-20(27)26-29/h5-10,12-13,29H,1-4,11H2,(H,25,28)(H,26,27). The van der Waals surface area contributed by atoms with Crippen LogP contribution in [0.4, 0.5) is 8.78 Å². The van der Waals surface area contributed by atoms with Gasteiger partial charge in [-0.1, -0.05) is 36.2 Å². The third-order valence-electron chi connectivity index (χ3n) is 4.15. The number of amides is 2. The van der Waals surface area contributed by atoms with E-state index >= 15 is 0 Å². The zero-order valence-electron chi connectivity index (χ0n) is 15.6. The molecule has 5 nitrogen and oxygen atoms in total. The summed E-state index contributed by atoms with van der Waals surface area (Å²) in [7, 11) is 0. The molecular formula is C21H21ClF2N2O3. The molecule has 154 valence electrons. The van der Waals surface area contributed by atoms with Crippen molar-refractivity contribution in [2.45, 2.75) is 25.7 Å². The first-order valence-corrected chi connectivity index (χ1v) is 9.42. The van der Waals surface area contributed by atoms with E-state index in [1.807, 2.05) is 0 Å². The molecule has 0 aliphatic rings. The van der Waals surface area contributed by atoms with Crippen LogP contribution in [0.2, 0.25) is 5.02 Å². The summed E-state index contributed by atoms with van der Waals surface area (Å²) in [6.07, 6.45) is 3.67. The average Bonchev–Trinajstić information content (AvgIpc) is 2.71. The van der Waals surface area contributed by atoms with Crippen molar-refractivity contribution < 1.29 is 23.6 Å². The molecule has 0 radical (unpaired) electrons. The van der Waals surface area contributed by atoms with Gasteiger partial charge in [0.1, 0.15) is 11.6 Å². The second kappa shape index (κ2) is 11.3. The van der Waals surface area contributed by atoms with Crippen molar-refractivity contribution in [2.75, 3.05) is 6.54 Å². The van der Waals surface area contributed by atoms with Gasteiger partial charge in [-0.25, -0.2) is 14.3 Å². The quantitative estimate of drug-likeness (QED) is 0.185. The number of unbranched alkanes of at least 4 members (excludes halogenated alkanes) is 2. The molecule has 0 aliphatic carbocycles. The van der Waals surface area contributed by atoms with Crippen LogP contribution in [0.1, 0.15) is 36.8 Å². The van der Waals surface area contributed by atoms with Crippen LogP contribution in [0.5, 0.6) is 0 Å². The Kier molecular flexibility index (Phi) is 8.76. The number of carbonyl (C=O) groups is 2. The van der Waals surface area contributed by atoms with E-state index in [4.69, 9.17) is 16.8 Å². The van der Waals surface area contributed by atoms with E-state index in [0.717, 1.165) is 0 Å². The average molecular weight is 423 g/mol. The largest absolute Gasteiger partial charge is 0.352 e. The second-order valence-electron chi connectivity index (χ2n) is 6.34. The summed E-state index contributed by atoms with van der Waals surface area (Å²) < 4.78 is 26.6. The number of hydrogen-bond acceptors (Lipinski definition) is 3. The number of hydroxylamine groups is 1. The zero-order chi connectivity index (χ0) is 21.2. The minimum atomic E-state index is -0.563. The van der Waals surface area contributed by atoms with Crippen molar-refractivity contribution in [1.82, 2.24) is 10.8 Å². The molecule has 0 unspecified atom stereocenters. The highest BCUT2D eigenvalue weighted by molar-refractivity contribution is 6.31. The first-order chi connectivity index (χ1) is 13.9. The van der Waals surface area contributed by atoms with Crippen LogP contribution in [0, 0.1) is 11.6 Å². The van der Waals surface area contributed by atoms with Gasteiger partial charge in [0.05, 0.1) is 5.02 Å². The minimum absolute atomic E-state index is 0.0652. The summed E-state index contributed by atoms with van der Waals surface area (Å²) in [5, 5.41) is 11.2. The lowest BCUT2D eigenvalue weighted by atomic mass is 10.0. The molecule has 0 aliphatic heterocycles. The third-order valence-corrected chi connectivity index (χ3v) is 4.44. The predicted molar refractivity (Wildman–Crippen MR) is 107 cm³/mol.